The first-order valence-electron chi connectivity index (χ1n) is 6.96. The summed E-state index contributed by atoms with van der Waals surface area (Å²) in [5, 5.41) is 2.87. The van der Waals surface area contributed by atoms with E-state index in [1.165, 1.54) is 5.56 Å². The molecule has 0 spiro atoms. The van der Waals surface area contributed by atoms with E-state index >= 15 is 0 Å². The van der Waals surface area contributed by atoms with E-state index in [4.69, 9.17) is 26.1 Å². The highest BCUT2D eigenvalue weighted by molar-refractivity contribution is 7.10. The summed E-state index contributed by atoms with van der Waals surface area (Å²) in [7, 11) is 0. The minimum atomic E-state index is -0.216. The van der Waals surface area contributed by atoms with Gasteiger partial charge in [0.2, 0.25) is 0 Å². The van der Waals surface area contributed by atoms with E-state index in [1.807, 2.05) is 12.1 Å². The van der Waals surface area contributed by atoms with Crippen molar-refractivity contribution >= 4 is 28.6 Å². The maximum Gasteiger partial charge on any atom is 0.193 e. The van der Waals surface area contributed by atoms with Gasteiger partial charge in [-0.3, -0.25) is 4.99 Å². The summed E-state index contributed by atoms with van der Waals surface area (Å²) < 4.78 is 11.1. The maximum absolute atomic E-state index is 6.15. The third-order valence-corrected chi connectivity index (χ3v) is 4.91. The average molecular weight is 320 g/mol. The van der Waals surface area contributed by atoms with Gasteiger partial charge in [-0.15, -0.1) is 11.3 Å². The fourth-order valence-corrected chi connectivity index (χ4v) is 3.79. The molecule has 1 aromatic carbocycles. The quantitative estimate of drug-likeness (QED) is 0.842. The fourth-order valence-electron chi connectivity index (χ4n) is 2.73. The van der Waals surface area contributed by atoms with Crippen LogP contribution >= 0.6 is 22.9 Å². The van der Waals surface area contributed by atoms with E-state index in [0.29, 0.717) is 13.2 Å². The number of nitrogens with zero attached hydrogens (tertiary/aromatic N) is 1. The molecule has 2 aliphatic rings. The zero-order valence-corrected chi connectivity index (χ0v) is 12.9. The van der Waals surface area contributed by atoms with E-state index in [9.17, 15) is 0 Å². The lowest BCUT2D eigenvalue weighted by Gasteiger charge is -2.16. The van der Waals surface area contributed by atoms with Crippen LogP contribution < -0.4 is 0 Å². The number of ether oxygens (including phenoxy) is 2. The summed E-state index contributed by atoms with van der Waals surface area (Å²) in [5.74, 6) is 0. The van der Waals surface area contributed by atoms with Crippen LogP contribution in [0.3, 0.4) is 0 Å². The van der Waals surface area contributed by atoms with Crippen LogP contribution in [0.4, 0.5) is 0 Å². The molecule has 0 unspecified atom stereocenters. The topological polar surface area (TPSA) is 30.8 Å². The van der Waals surface area contributed by atoms with E-state index in [0.717, 1.165) is 39.7 Å². The molecule has 0 saturated carbocycles. The van der Waals surface area contributed by atoms with Gasteiger partial charge in [-0.05, 0) is 30.2 Å². The largest absolute Gasteiger partial charge is 0.345 e. The second kappa shape index (κ2) is 5.54. The first-order chi connectivity index (χ1) is 10.3. The molecule has 108 valence electrons. The minimum absolute atomic E-state index is 0.216. The number of rotatable bonds is 2. The van der Waals surface area contributed by atoms with Crippen LogP contribution in [0.1, 0.15) is 27.9 Å². The Bertz CT molecular complexity index is 704. The molecule has 0 N–H and O–H groups in total. The molecule has 3 nitrogen and oxygen atoms in total. The van der Waals surface area contributed by atoms with Crippen molar-refractivity contribution in [1.82, 2.24) is 0 Å². The van der Waals surface area contributed by atoms with E-state index in [1.54, 1.807) is 11.3 Å². The first kappa shape index (κ1) is 13.5. The molecule has 0 amide bonds. The van der Waals surface area contributed by atoms with Crippen molar-refractivity contribution in [2.24, 2.45) is 4.99 Å². The lowest BCUT2D eigenvalue weighted by atomic mass is 9.94. The summed E-state index contributed by atoms with van der Waals surface area (Å²) in [5.41, 5.74) is 4.61. The Labute approximate surface area is 132 Å². The molecule has 5 heteroatoms. The molecule has 0 radical (unpaired) electrons. The van der Waals surface area contributed by atoms with Gasteiger partial charge in [0, 0.05) is 28.1 Å². The van der Waals surface area contributed by atoms with Gasteiger partial charge < -0.3 is 9.47 Å². The number of halogens is 1. The predicted molar refractivity (Wildman–Crippen MR) is 84.6 cm³/mol. The summed E-state index contributed by atoms with van der Waals surface area (Å²) in [6, 6.07) is 8.18. The number of benzene rings is 1. The van der Waals surface area contributed by atoms with Crippen LogP contribution in [-0.2, 0) is 15.9 Å². The van der Waals surface area contributed by atoms with Crippen molar-refractivity contribution in [1.29, 1.82) is 0 Å². The summed E-state index contributed by atoms with van der Waals surface area (Å²) >= 11 is 7.80. The standard InChI is InChI=1S/C16H14ClNO2S/c17-12-2-1-10-3-4-18-15(13(10)8-12)11-7-14(21-9-11)16-19-5-6-20-16/h1-2,7-9,16H,3-6H2. The van der Waals surface area contributed by atoms with Crippen LogP contribution in [-0.4, -0.2) is 25.5 Å². The molecule has 21 heavy (non-hydrogen) atoms. The second-order valence-electron chi connectivity index (χ2n) is 5.09. The smallest absolute Gasteiger partial charge is 0.193 e. The number of hydrogen-bond acceptors (Lipinski definition) is 4. The van der Waals surface area contributed by atoms with Gasteiger partial charge in [-0.2, -0.15) is 0 Å². The Morgan fingerprint density at radius 2 is 2.05 bits per heavy atom. The van der Waals surface area contributed by atoms with Gasteiger partial charge >= 0.3 is 0 Å². The van der Waals surface area contributed by atoms with Gasteiger partial charge in [0.1, 0.15) is 0 Å². The minimum Gasteiger partial charge on any atom is -0.345 e. The van der Waals surface area contributed by atoms with Crippen molar-refractivity contribution in [3.05, 3.63) is 56.2 Å². The molecule has 2 aliphatic heterocycles. The summed E-state index contributed by atoms with van der Waals surface area (Å²) in [4.78, 5) is 5.80. The lowest BCUT2D eigenvalue weighted by molar-refractivity contribution is -0.0413. The monoisotopic (exact) mass is 319 g/mol. The zero-order chi connectivity index (χ0) is 14.2. The van der Waals surface area contributed by atoms with E-state index < -0.39 is 0 Å². The Kier molecular flexibility index (Phi) is 3.55. The third kappa shape index (κ3) is 2.53. The normalized spacial score (nSPS) is 18.6. The highest BCUT2D eigenvalue weighted by Crippen LogP contribution is 2.31. The van der Waals surface area contributed by atoms with Gasteiger partial charge in [-0.25, -0.2) is 0 Å². The SMILES string of the molecule is Clc1ccc2c(c1)C(c1csc(C3OCCO3)c1)=NCC2. The molecule has 1 aromatic heterocycles. The summed E-state index contributed by atoms with van der Waals surface area (Å²) in [6.45, 7) is 2.15. The summed E-state index contributed by atoms with van der Waals surface area (Å²) in [6.07, 6.45) is 0.758. The fraction of sp³-hybridized carbons (Fsp3) is 0.312. The first-order valence-corrected chi connectivity index (χ1v) is 8.22. The highest BCUT2D eigenvalue weighted by Gasteiger charge is 2.23. The van der Waals surface area contributed by atoms with Crippen LogP contribution in [0.15, 0.2) is 34.6 Å². The van der Waals surface area contributed by atoms with Gasteiger partial charge in [-0.1, -0.05) is 17.7 Å². The van der Waals surface area contributed by atoms with E-state index in [2.05, 4.69) is 17.5 Å². The molecule has 0 atom stereocenters. The van der Waals surface area contributed by atoms with Crippen molar-refractivity contribution in [3.63, 3.8) is 0 Å². The average Bonchev–Trinajstić information content (AvgIpc) is 3.17. The number of aliphatic imine (C=N–C) groups is 1. The van der Waals surface area contributed by atoms with Gasteiger partial charge in [0.15, 0.2) is 6.29 Å². The van der Waals surface area contributed by atoms with Gasteiger partial charge in [0.25, 0.3) is 0 Å². The van der Waals surface area contributed by atoms with Gasteiger partial charge in [0.05, 0.1) is 23.8 Å². The predicted octanol–water partition coefficient (Wildman–Crippen LogP) is 3.84. The van der Waals surface area contributed by atoms with E-state index in [-0.39, 0.29) is 6.29 Å². The highest BCUT2D eigenvalue weighted by atomic mass is 35.5. The number of fused-ring (bicyclic) bond motifs is 1. The zero-order valence-electron chi connectivity index (χ0n) is 11.3. The molecular weight excluding hydrogens is 306 g/mol. The Morgan fingerprint density at radius 1 is 1.19 bits per heavy atom. The van der Waals surface area contributed by atoms with Crippen molar-refractivity contribution in [3.8, 4) is 0 Å². The molecule has 1 saturated heterocycles. The molecule has 0 bridgehead atoms. The second-order valence-corrected chi connectivity index (χ2v) is 6.47. The molecule has 0 aliphatic carbocycles. The molecule has 4 rings (SSSR count). The Hall–Kier alpha value is -1.20. The molecule has 2 aromatic rings. The Balaban J connectivity index is 1.71. The maximum atomic E-state index is 6.15. The van der Waals surface area contributed by atoms with Crippen molar-refractivity contribution in [2.45, 2.75) is 12.7 Å². The van der Waals surface area contributed by atoms with Crippen LogP contribution in [0.5, 0.6) is 0 Å². The Morgan fingerprint density at radius 3 is 2.90 bits per heavy atom. The van der Waals surface area contributed by atoms with Crippen LogP contribution in [0.2, 0.25) is 5.02 Å². The molecular formula is C16H14ClNO2S. The van der Waals surface area contributed by atoms with Crippen LogP contribution in [0.25, 0.3) is 0 Å². The van der Waals surface area contributed by atoms with Crippen LogP contribution in [0, 0.1) is 0 Å². The number of hydrogen-bond donors (Lipinski definition) is 0. The lowest BCUT2D eigenvalue weighted by Crippen LogP contribution is -2.13. The van der Waals surface area contributed by atoms with Crippen molar-refractivity contribution in [2.75, 3.05) is 19.8 Å². The molecule has 3 heterocycles. The molecule has 1 fully saturated rings. The number of thiophene rings is 1. The van der Waals surface area contributed by atoms with Crippen molar-refractivity contribution < 1.29 is 9.47 Å². The third-order valence-electron chi connectivity index (χ3n) is 3.73.